The zero-order valence-electron chi connectivity index (χ0n) is 9.91. The monoisotopic (exact) mass is 267 g/mol. The molecule has 1 unspecified atom stereocenters. The second-order valence-corrected chi connectivity index (χ2v) is 7.35. The number of halogens is 1. The number of rotatable bonds is 6. The average Bonchev–Trinajstić information content (AvgIpc) is 2.17. The lowest BCUT2D eigenvalue weighted by molar-refractivity contribution is 0.384. The largest absolute Gasteiger partial charge is 0.215 e. The Balaban J connectivity index is 2.27. The summed E-state index contributed by atoms with van der Waals surface area (Å²) < 4.78 is 26.1. The smallest absolute Gasteiger partial charge is 0.211 e. The van der Waals surface area contributed by atoms with Crippen molar-refractivity contribution in [2.75, 3.05) is 12.3 Å². The molecule has 0 saturated heterocycles. The van der Waals surface area contributed by atoms with Crippen molar-refractivity contribution >= 4 is 21.6 Å². The molecule has 1 rings (SSSR count). The Kier molecular flexibility index (Phi) is 6.08. The Morgan fingerprint density at radius 3 is 2.50 bits per heavy atom. The van der Waals surface area contributed by atoms with Crippen LogP contribution in [0.15, 0.2) is 0 Å². The van der Waals surface area contributed by atoms with Gasteiger partial charge in [0, 0.05) is 11.9 Å². The Morgan fingerprint density at radius 1 is 1.31 bits per heavy atom. The number of hydrogen-bond donors (Lipinski definition) is 1. The Bertz CT molecular complexity index is 284. The lowest BCUT2D eigenvalue weighted by Gasteiger charge is -2.21. The summed E-state index contributed by atoms with van der Waals surface area (Å²) in [5.74, 6) is 0.656. The molecule has 1 atom stereocenters. The van der Waals surface area contributed by atoms with Crippen molar-refractivity contribution in [2.45, 2.75) is 50.8 Å². The summed E-state index contributed by atoms with van der Waals surface area (Å²) in [4.78, 5) is 0. The van der Waals surface area contributed by atoms with E-state index in [1.165, 1.54) is 19.3 Å². The van der Waals surface area contributed by atoms with Gasteiger partial charge in [-0.15, -0.1) is 11.6 Å². The van der Waals surface area contributed by atoms with Gasteiger partial charge in [-0.2, -0.15) is 0 Å². The van der Waals surface area contributed by atoms with Crippen LogP contribution in [0.25, 0.3) is 0 Å². The second-order valence-electron chi connectivity index (χ2n) is 4.75. The van der Waals surface area contributed by atoms with E-state index in [0.29, 0.717) is 24.6 Å². The van der Waals surface area contributed by atoms with Gasteiger partial charge in [0.25, 0.3) is 0 Å². The molecule has 1 saturated carbocycles. The minimum Gasteiger partial charge on any atom is -0.215 e. The van der Waals surface area contributed by atoms with Crippen molar-refractivity contribution in [1.82, 2.24) is 4.72 Å². The summed E-state index contributed by atoms with van der Waals surface area (Å²) in [5, 5.41) is 0.0254. The van der Waals surface area contributed by atoms with E-state index in [0.717, 1.165) is 12.8 Å². The fourth-order valence-electron chi connectivity index (χ4n) is 2.14. The van der Waals surface area contributed by atoms with Crippen molar-refractivity contribution in [3.8, 4) is 0 Å². The maximum Gasteiger partial charge on any atom is 0.211 e. The van der Waals surface area contributed by atoms with E-state index in [1.807, 2.05) is 6.92 Å². The normalized spacial score (nSPS) is 20.9. The highest BCUT2D eigenvalue weighted by Gasteiger charge is 2.20. The first kappa shape index (κ1) is 14.3. The van der Waals surface area contributed by atoms with Gasteiger partial charge < -0.3 is 0 Å². The number of alkyl halides is 1. The molecule has 0 aliphatic heterocycles. The van der Waals surface area contributed by atoms with Crippen molar-refractivity contribution in [2.24, 2.45) is 5.92 Å². The fraction of sp³-hybridized carbons (Fsp3) is 1.00. The van der Waals surface area contributed by atoms with Crippen LogP contribution in [-0.2, 0) is 10.0 Å². The lowest BCUT2D eigenvalue weighted by atomic mass is 9.91. The SMILES string of the molecule is CC(Cl)CCNS(=O)(=O)CC1CCCCC1. The Hall–Kier alpha value is 0.200. The van der Waals surface area contributed by atoms with Crippen LogP contribution in [0.5, 0.6) is 0 Å². The van der Waals surface area contributed by atoms with E-state index in [-0.39, 0.29) is 5.38 Å². The third kappa shape index (κ3) is 6.06. The quantitative estimate of drug-likeness (QED) is 0.752. The van der Waals surface area contributed by atoms with Crippen LogP contribution >= 0.6 is 11.6 Å². The van der Waals surface area contributed by atoms with Crippen LogP contribution in [0.2, 0.25) is 0 Å². The van der Waals surface area contributed by atoms with Gasteiger partial charge in [0.15, 0.2) is 0 Å². The molecule has 0 aromatic rings. The summed E-state index contributed by atoms with van der Waals surface area (Å²) in [6.07, 6.45) is 6.43. The number of nitrogens with one attached hydrogen (secondary N) is 1. The molecule has 0 amide bonds. The molecule has 5 heteroatoms. The average molecular weight is 268 g/mol. The predicted octanol–water partition coefficient (Wildman–Crippen LogP) is 2.50. The molecule has 96 valence electrons. The van der Waals surface area contributed by atoms with E-state index >= 15 is 0 Å². The van der Waals surface area contributed by atoms with Crippen molar-refractivity contribution < 1.29 is 8.42 Å². The maximum absolute atomic E-state index is 11.7. The molecule has 0 aromatic carbocycles. The molecule has 1 aliphatic carbocycles. The molecule has 1 fully saturated rings. The summed E-state index contributed by atoms with van der Waals surface area (Å²) in [5.41, 5.74) is 0. The highest BCUT2D eigenvalue weighted by atomic mass is 35.5. The van der Waals surface area contributed by atoms with Crippen molar-refractivity contribution in [1.29, 1.82) is 0 Å². The lowest BCUT2D eigenvalue weighted by Crippen LogP contribution is -2.32. The Labute approximate surface area is 104 Å². The standard InChI is InChI=1S/C11H22ClNO2S/c1-10(12)7-8-13-16(14,15)9-11-5-3-2-4-6-11/h10-11,13H,2-9H2,1H3. The van der Waals surface area contributed by atoms with Crippen molar-refractivity contribution in [3.05, 3.63) is 0 Å². The summed E-state index contributed by atoms with van der Waals surface area (Å²) in [6, 6.07) is 0. The van der Waals surface area contributed by atoms with E-state index in [2.05, 4.69) is 4.72 Å². The second kappa shape index (κ2) is 6.82. The highest BCUT2D eigenvalue weighted by Crippen LogP contribution is 2.24. The van der Waals surface area contributed by atoms with Gasteiger partial charge in [0.05, 0.1) is 5.75 Å². The van der Waals surface area contributed by atoms with Crippen LogP contribution in [0, 0.1) is 5.92 Å². The summed E-state index contributed by atoms with van der Waals surface area (Å²) in [7, 11) is -3.09. The molecular formula is C11H22ClNO2S. The molecular weight excluding hydrogens is 246 g/mol. The highest BCUT2D eigenvalue weighted by molar-refractivity contribution is 7.89. The fourth-order valence-corrected chi connectivity index (χ4v) is 3.75. The molecule has 16 heavy (non-hydrogen) atoms. The van der Waals surface area contributed by atoms with E-state index < -0.39 is 10.0 Å². The minimum absolute atomic E-state index is 0.0254. The van der Waals surface area contributed by atoms with E-state index in [1.54, 1.807) is 0 Å². The van der Waals surface area contributed by atoms with Gasteiger partial charge in [-0.3, -0.25) is 0 Å². The van der Waals surface area contributed by atoms with Crippen LogP contribution in [-0.4, -0.2) is 26.1 Å². The number of hydrogen-bond acceptors (Lipinski definition) is 2. The summed E-state index contributed by atoms with van der Waals surface area (Å²) in [6.45, 7) is 2.33. The molecule has 0 aromatic heterocycles. The minimum atomic E-state index is -3.09. The van der Waals surface area contributed by atoms with Gasteiger partial charge in [0.1, 0.15) is 0 Å². The van der Waals surface area contributed by atoms with Gasteiger partial charge in [0.2, 0.25) is 10.0 Å². The van der Waals surface area contributed by atoms with Crippen LogP contribution < -0.4 is 4.72 Å². The van der Waals surface area contributed by atoms with Crippen LogP contribution in [0.1, 0.15) is 45.4 Å². The van der Waals surface area contributed by atoms with Gasteiger partial charge >= 0.3 is 0 Å². The van der Waals surface area contributed by atoms with E-state index in [9.17, 15) is 8.42 Å². The number of sulfonamides is 1. The molecule has 1 N–H and O–H groups in total. The predicted molar refractivity (Wildman–Crippen MR) is 68.3 cm³/mol. The first-order valence-corrected chi connectivity index (χ1v) is 8.20. The van der Waals surface area contributed by atoms with Crippen molar-refractivity contribution in [3.63, 3.8) is 0 Å². The zero-order valence-corrected chi connectivity index (χ0v) is 11.5. The zero-order chi connectivity index (χ0) is 12.0. The molecule has 0 bridgehead atoms. The third-order valence-corrected chi connectivity index (χ3v) is 4.82. The van der Waals surface area contributed by atoms with Crippen LogP contribution in [0.3, 0.4) is 0 Å². The molecule has 1 aliphatic rings. The topological polar surface area (TPSA) is 46.2 Å². The van der Waals surface area contributed by atoms with Gasteiger partial charge in [-0.25, -0.2) is 13.1 Å². The molecule has 3 nitrogen and oxygen atoms in total. The van der Waals surface area contributed by atoms with E-state index in [4.69, 9.17) is 11.6 Å². The molecule has 0 spiro atoms. The first-order valence-electron chi connectivity index (χ1n) is 6.11. The molecule has 0 radical (unpaired) electrons. The maximum atomic E-state index is 11.7. The van der Waals surface area contributed by atoms with Gasteiger partial charge in [-0.1, -0.05) is 19.3 Å². The van der Waals surface area contributed by atoms with Crippen LogP contribution in [0.4, 0.5) is 0 Å². The third-order valence-electron chi connectivity index (χ3n) is 3.04. The first-order chi connectivity index (χ1) is 7.49. The Morgan fingerprint density at radius 2 is 1.94 bits per heavy atom. The van der Waals surface area contributed by atoms with Gasteiger partial charge in [-0.05, 0) is 32.1 Å². The molecule has 0 heterocycles. The summed E-state index contributed by atoms with van der Waals surface area (Å²) >= 11 is 5.76.